The van der Waals surface area contributed by atoms with Gasteiger partial charge < -0.3 is 10.4 Å². The Morgan fingerprint density at radius 3 is 2.48 bits per heavy atom. The number of nitrogens with one attached hydrogen (secondary N) is 1. The summed E-state index contributed by atoms with van der Waals surface area (Å²) in [5, 5.41) is 11.6. The Kier molecular flexibility index (Phi) is 4.11. The molecule has 0 unspecified atom stereocenters. The minimum absolute atomic E-state index is 0.0585. The smallest absolute Gasteiger partial charge is 0.323 e. The standard InChI is InChI=1S/C14H17N3O4/c1-9(2)15-14(21)17-7-12(18)16(8-13(19)20)10-5-3-4-6-11(10)17/h3-6,9H,7-8H2,1-2H3,(H,15,21)(H,19,20). The van der Waals surface area contributed by atoms with Crippen molar-refractivity contribution in [2.24, 2.45) is 0 Å². The Bertz CT molecular complexity index is 585. The number of para-hydroxylation sites is 2. The van der Waals surface area contributed by atoms with Gasteiger partial charge in [0.1, 0.15) is 13.1 Å². The van der Waals surface area contributed by atoms with E-state index in [2.05, 4.69) is 5.32 Å². The van der Waals surface area contributed by atoms with Gasteiger partial charge in [0.15, 0.2) is 0 Å². The molecular weight excluding hydrogens is 274 g/mol. The topological polar surface area (TPSA) is 90.0 Å². The van der Waals surface area contributed by atoms with Crippen LogP contribution >= 0.6 is 0 Å². The van der Waals surface area contributed by atoms with Crippen molar-refractivity contribution in [3.05, 3.63) is 24.3 Å². The van der Waals surface area contributed by atoms with E-state index in [1.54, 1.807) is 24.3 Å². The molecule has 7 heteroatoms. The Balaban J connectivity index is 2.37. The van der Waals surface area contributed by atoms with Gasteiger partial charge in [0.25, 0.3) is 0 Å². The van der Waals surface area contributed by atoms with E-state index in [9.17, 15) is 14.4 Å². The van der Waals surface area contributed by atoms with Gasteiger partial charge in [0.2, 0.25) is 5.91 Å². The molecule has 1 aliphatic heterocycles. The maximum Gasteiger partial charge on any atom is 0.323 e. The van der Waals surface area contributed by atoms with E-state index < -0.39 is 18.4 Å². The van der Waals surface area contributed by atoms with E-state index in [4.69, 9.17) is 5.11 Å². The normalized spacial score (nSPS) is 14.1. The summed E-state index contributed by atoms with van der Waals surface area (Å²) in [7, 11) is 0. The van der Waals surface area contributed by atoms with Gasteiger partial charge in [-0.25, -0.2) is 4.79 Å². The zero-order valence-electron chi connectivity index (χ0n) is 11.9. The van der Waals surface area contributed by atoms with Crippen LogP contribution in [0, 0.1) is 0 Å². The number of amides is 3. The van der Waals surface area contributed by atoms with E-state index in [0.717, 1.165) is 0 Å². The summed E-state index contributed by atoms with van der Waals surface area (Å²) in [4.78, 5) is 37.7. The molecule has 0 atom stereocenters. The lowest BCUT2D eigenvalue weighted by atomic mass is 10.1. The lowest BCUT2D eigenvalue weighted by Crippen LogP contribution is -2.53. The van der Waals surface area contributed by atoms with Crippen molar-refractivity contribution in [3.63, 3.8) is 0 Å². The van der Waals surface area contributed by atoms with Crippen molar-refractivity contribution < 1.29 is 19.5 Å². The van der Waals surface area contributed by atoms with Crippen molar-refractivity contribution in [2.45, 2.75) is 19.9 Å². The average Bonchev–Trinajstić information content (AvgIpc) is 2.40. The van der Waals surface area contributed by atoms with Crippen LogP contribution in [0.3, 0.4) is 0 Å². The van der Waals surface area contributed by atoms with Gasteiger partial charge in [0.05, 0.1) is 11.4 Å². The Morgan fingerprint density at radius 1 is 1.29 bits per heavy atom. The molecule has 0 saturated carbocycles. The monoisotopic (exact) mass is 291 g/mol. The molecule has 0 fully saturated rings. The van der Waals surface area contributed by atoms with Gasteiger partial charge in [0, 0.05) is 6.04 Å². The van der Waals surface area contributed by atoms with Gasteiger partial charge in [-0.2, -0.15) is 0 Å². The van der Waals surface area contributed by atoms with Crippen LogP contribution in [0.25, 0.3) is 0 Å². The highest BCUT2D eigenvalue weighted by atomic mass is 16.4. The van der Waals surface area contributed by atoms with Crippen LogP contribution in [0.4, 0.5) is 16.2 Å². The molecule has 0 aliphatic carbocycles. The number of carboxylic acids is 1. The Hall–Kier alpha value is -2.57. The molecule has 2 N–H and O–H groups in total. The number of nitrogens with zero attached hydrogens (tertiary/aromatic N) is 2. The van der Waals surface area contributed by atoms with Crippen LogP contribution < -0.4 is 15.1 Å². The van der Waals surface area contributed by atoms with E-state index in [-0.39, 0.29) is 18.6 Å². The van der Waals surface area contributed by atoms with Gasteiger partial charge >= 0.3 is 12.0 Å². The summed E-state index contributed by atoms with van der Waals surface area (Å²) >= 11 is 0. The van der Waals surface area contributed by atoms with E-state index in [1.165, 1.54) is 9.80 Å². The largest absolute Gasteiger partial charge is 0.480 e. The highest BCUT2D eigenvalue weighted by Crippen LogP contribution is 2.33. The molecule has 0 bridgehead atoms. The van der Waals surface area contributed by atoms with E-state index in [0.29, 0.717) is 11.4 Å². The molecule has 2 rings (SSSR count). The number of rotatable bonds is 3. The number of fused-ring (bicyclic) bond motifs is 1. The minimum atomic E-state index is -1.10. The summed E-state index contributed by atoms with van der Waals surface area (Å²) in [6.07, 6.45) is 0. The molecule has 3 amide bonds. The summed E-state index contributed by atoms with van der Waals surface area (Å²) < 4.78 is 0. The summed E-state index contributed by atoms with van der Waals surface area (Å²) in [5.41, 5.74) is 0.951. The zero-order valence-corrected chi connectivity index (χ0v) is 11.9. The first-order valence-corrected chi connectivity index (χ1v) is 6.59. The maximum absolute atomic E-state index is 12.2. The van der Waals surface area contributed by atoms with Crippen molar-refractivity contribution in [2.75, 3.05) is 22.9 Å². The quantitative estimate of drug-likeness (QED) is 0.870. The van der Waals surface area contributed by atoms with Crippen LogP contribution in [-0.4, -0.2) is 42.1 Å². The Labute approximate surface area is 122 Å². The second-order valence-corrected chi connectivity index (χ2v) is 5.05. The predicted molar refractivity (Wildman–Crippen MR) is 77.4 cm³/mol. The number of hydrogen-bond donors (Lipinski definition) is 2. The van der Waals surface area contributed by atoms with Crippen LogP contribution in [-0.2, 0) is 9.59 Å². The van der Waals surface area contributed by atoms with Crippen molar-refractivity contribution in [3.8, 4) is 0 Å². The van der Waals surface area contributed by atoms with Gasteiger partial charge in [-0.05, 0) is 26.0 Å². The van der Waals surface area contributed by atoms with Crippen molar-refractivity contribution >= 4 is 29.3 Å². The number of carboxylic acid groups (broad SMARTS) is 1. The van der Waals surface area contributed by atoms with Crippen molar-refractivity contribution in [1.29, 1.82) is 0 Å². The first kappa shape index (κ1) is 14.8. The maximum atomic E-state index is 12.2. The molecule has 0 aromatic heterocycles. The molecule has 1 aromatic carbocycles. The van der Waals surface area contributed by atoms with E-state index in [1.807, 2.05) is 13.8 Å². The molecule has 1 aliphatic rings. The molecule has 0 saturated heterocycles. The second-order valence-electron chi connectivity index (χ2n) is 5.05. The molecule has 21 heavy (non-hydrogen) atoms. The number of anilines is 2. The molecule has 112 valence electrons. The van der Waals surface area contributed by atoms with E-state index >= 15 is 0 Å². The highest BCUT2D eigenvalue weighted by molar-refractivity contribution is 6.12. The summed E-state index contributed by atoms with van der Waals surface area (Å²) in [6.45, 7) is 3.05. The zero-order chi connectivity index (χ0) is 15.6. The number of benzene rings is 1. The second kappa shape index (κ2) is 5.82. The Morgan fingerprint density at radius 2 is 1.90 bits per heavy atom. The first-order chi connectivity index (χ1) is 9.90. The fourth-order valence-corrected chi connectivity index (χ4v) is 2.18. The summed E-state index contributed by atoms with van der Waals surface area (Å²) in [6, 6.07) is 6.33. The lowest BCUT2D eigenvalue weighted by Gasteiger charge is -2.35. The van der Waals surface area contributed by atoms with Crippen molar-refractivity contribution in [1.82, 2.24) is 5.32 Å². The number of urea groups is 1. The van der Waals surface area contributed by atoms with Gasteiger partial charge in [-0.1, -0.05) is 12.1 Å². The minimum Gasteiger partial charge on any atom is -0.480 e. The van der Waals surface area contributed by atoms with Gasteiger partial charge in [-0.3, -0.25) is 19.4 Å². The van der Waals surface area contributed by atoms with Gasteiger partial charge in [-0.15, -0.1) is 0 Å². The fourth-order valence-electron chi connectivity index (χ4n) is 2.18. The SMILES string of the molecule is CC(C)NC(=O)N1CC(=O)N(CC(=O)O)c2ccccc21. The number of carbonyl (C=O) groups excluding carboxylic acids is 2. The third-order valence-corrected chi connectivity index (χ3v) is 3.01. The molecule has 0 spiro atoms. The third kappa shape index (κ3) is 3.13. The summed E-state index contributed by atoms with van der Waals surface area (Å²) in [5.74, 6) is -1.52. The molecule has 7 nitrogen and oxygen atoms in total. The number of hydrogen-bond acceptors (Lipinski definition) is 3. The third-order valence-electron chi connectivity index (χ3n) is 3.01. The molecule has 1 heterocycles. The first-order valence-electron chi connectivity index (χ1n) is 6.59. The van der Waals surface area contributed by atoms with Crippen LogP contribution in [0.15, 0.2) is 24.3 Å². The van der Waals surface area contributed by atoms with Crippen LogP contribution in [0.2, 0.25) is 0 Å². The number of carbonyl (C=O) groups is 3. The highest BCUT2D eigenvalue weighted by Gasteiger charge is 2.33. The average molecular weight is 291 g/mol. The van der Waals surface area contributed by atoms with Crippen LogP contribution in [0.1, 0.15) is 13.8 Å². The fraction of sp³-hybridized carbons (Fsp3) is 0.357. The van der Waals surface area contributed by atoms with Crippen LogP contribution in [0.5, 0.6) is 0 Å². The lowest BCUT2D eigenvalue weighted by molar-refractivity contribution is -0.136. The molecular formula is C14H17N3O4. The molecule has 0 radical (unpaired) electrons. The number of aliphatic carboxylic acids is 1. The molecule has 1 aromatic rings. The predicted octanol–water partition coefficient (Wildman–Crippen LogP) is 1.04.